The van der Waals surface area contributed by atoms with Gasteiger partial charge >= 0.3 is 60.1 Å². The summed E-state index contributed by atoms with van der Waals surface area (Å²) in [7, 11) is 0. The van der Waals surface area contributed by atoms with E-state index in [1.165, 1.54) is 0 Å². The molecule has 0 spiro atoms. The van der Waals surface area contributed by atoms with Crippen molar-refractivity contribution in [3.8, 4) is 0 Å². The van der Waals surface area contributed by atoms with Gasteiger partial charge in [0.25, 0.3) is 5.97 Å². The first kappa shape index (κ1) is 16.4. The molecule has 0 aliphatic heterocycles. The molecule has 0 saturated heterocycles. The standard InChI is InChI=1S/C2H4O2S.CH3.Hg.Na/c3-2(4)1-5;;;/h5H,1H2,(H,3,4);1H3;;/q;;;+1/p-1. The summed E-state index contributed by atoms with van der Waals surface area (Å²) in [5.41, 5.74) is 0. The maximum absolute atomic E-state index is 9.26. The minimum absolute atomic E-state index is 0. The Kier molecular flexibility index (Phi) is 32.6. The number of carbonyl (C=O) groups is 1. The second-order valence-corrected chi connectivity index (χ2v) is 0.827. The number of rotatable bonds is 1. The minimum Gasteiger partial charge on any atom is 1.00 e. The normalized spacial score (nSPS) is 5.50. The molecule has 2 nitrogen and oxygen atoms in total. The van der Waals surface area contributed by atoms with E-state index in [9.17, 15) is 4.79 Å². The van der Waals surface area contributed by atoms with Crippen LogP contribution in [-0.4, -0.2) is 16.8 Å². The molecular formula is C3H6HgNaO2S. The van der Waals surface area contributed by atoms with Crippen molar-refractivity contribution in [1.82, 2.24) is 0 Å². The van der Waals surface area contributed by atoms with Crippen LogP contribution in [0.5, 0.6) is 0 Å². The zero-order valence-corrected chi connectivity index (χ0v) is 13.5. The van der Waals surface area contributed by atoms with Crippen LogP contribution < -0.4 is 29.6 Å². The van der Waals surface area contributed by atoms with E-state index in [1.54, 1.807) is 0 Å². The Morgan fingerprint density at radius 3 is 1.88 bits per heavy atom. The third kappa shape index (κ3) is 25.1. The smallest absolute Gasteiger partial charge is 1.00 e. The summed E-state index contributed by atoms with van der Waals surface area (Å²) < 4.78 is 2.19. The van der Waals surface area contributed by atoms with Crippen molar-refractivity contribution in [3.05, 3.63) is 0 Å². The molecule has 0 amide bonds. The van der Waals surface area contributed by atoms with Crippen LogP contribution >= 0.6 is 0 Å². The van der Waals surface area contributed by atoms with Gasteiger partial charge in [-0.25, -0.2) is 0 Å². The van der Waals surface area contributed by atoms with E-state index in [4.69, 9.17) is 5.11 Å². The maximum atomic E-state index is 9.26. The van der Waals surface area contributed by atoms with Crippen LogP contribution in [0, 0.1) is 0 Å². The van der Waals surface area contributed by atoms with Gasteiger partial charge in [-0.3, -0.25) is 4.79 Å². The predicted molar refractivity (Wildman–Crippen MR) is 25.7 cm³/mol. The molecule has 0 unspecified atom stereocenters. The third-order valence-electron chi connectivity index (χ3n) is 0.123. The van der Waals surface area contributed by atoms with Gasteiger partial charge in [0, 0.05) is 0 Å². The summed E-state index contributed by atoms with van der Waals surface area (Å²) >= 11 is 5.10. The van der Waals surface area contributed by atoms with E-state index < -0.39 is 5.97 Å². The van der Waals surface area contributed by atoms with Crippen molar-refractivity contribution in [2.75, 3.05) is 5.75 Å². The number of hydrogen-bond donors (Lipinski definition) is 1. The third-order valence-corrected chi connectivity index (χ3v) is 0.370. The second-order valence-electron chi connectivity index (χ2n) is 0.538. The maximum Gasteiger partial charge on any atom is 1.00 e. The Morgan fingerprint density at radius 1 is 1.75 bits per heavy atom. The van der Waals surface area contributed by atoms with Crippen LogP contribution in [0.1, 0.15) is 0 Å². The zero-order valence-electron chi connectivity index (χ0n) is 5.18. The summed E-state index contributed by atoms with van der Waals surface area (Å²) in [6.07, 6.45) is 0. The molecule has 0 radical (unpaired) electrons. The van der Waals surface area contributed by atoms with Gasteiger partial charge in [0.1, 0.15) is 0 Å². The van der Waals surface area contributed by atoms with E-state index in [0.717, 1.165) is 26.1 Å². The fourth-order valence-corrected chi connectivity index (χ4v) is 0. The first-order valence-corrected chi connectivity index (χ1v) is 7.85. The molecule has 0 aliphatic rings. The molecule has 0 rings (SSSR count). The van der Waals surface area contributed by atoms with Gasteiger partial charge in [-0.1, -0.05) is 5.75 Å². The average molecular weight is 330 g/mol. The SMILES string of the molecule is O=C(O)C[S-].[CH3][Hg].[Na+]. The number of aliphatic carboxylic acids is 1. The fraction of sp³-hybridized carbons (Fsp3) is 0.667. The molecule has 0 bridgehead atoms. The van der Waals surface area contributed by atoms with Crippen LogP contribution in [-0.2, 0) is 43.5 Å². The molecule has 0 heterocycles. The molecule has 0 saturated carbocycles. The van der Waals surface area contributed by atoms with Crippen molar-refractivity contribution in [2.45, 2.75) is 4.43 Å². The summed E-state index contributed by atoms with van der Waals surface area (Å²) in [6.45, 7) is 0. The van der Waals surface area contributed by atoms with Crippen LogP contribution in [0.15, 0.2) is 0 Å². The van der Waals surface area contributed by atoms with Gasteiger partial charge in [-0.05, 0) is 0 Å². The molecule has 0 aromatic heterocycles. The predicted octanol–water partition coefficient (Wildman–Crippen LogP) is -2.80. The molecule has 0 aromatic rings. The van der Waals surface area contributed by atoms with Crippen molar-refractivity contribution in [3.63, 3.8) is 0 Å². The monoisotopic (exact) mass is 331 g/mol. The number of carboxylic acid groups (broad SMARTS) is 1. The van der Waals surface area contributed by atoms with Crippen molar-refractivity contribution < 1.29 is 65.6 Å². The van der Waals surface area contributed by atoms with Gasteiger partial charge in [-0.15, -0.1) is 0 Å². The second kappa shape index (κ2) is 15.9. The molecular weight excluding hydrogens is 324 g/mol. The zero-order chi connectivity index (χ0) is 6.28. The van der Waals surface area contributed by atoms with E-state index >= 15 is 0 Å². The van der Waals surface area contributed by atoms with Crippen LogP contribution in [0.2, 0.25) is 4.43 Å². The number of carboxylic acids is 1. The van der Waals surface area contributed by atoms with Gasteiger partial charge < -0.3 is 17.7 Å². The minimum atomic E-state index is -0.931. The van der Waals surface area contributed by atoms with Crippen LogP contribution in [0.25, 0.3) is 0 Å². The Balaban J connectivity index is -0.0000000750. The Hall–Kier alpha value is 1.76. The molecule has 0 atom stereocenters. The first-order valence-electron chi connectivity index (χ1n) is 1.78. The molecule has 0 aliphatic carbocycles. The summed E-state index contributed by atoms with van der Waals surface area (Å²) in [6, 6.07) is 0. The van der Waals surface area contributed by atoms with Gasteiger partial charge in [0.05, 0.1) is 0 Å². The Morgan fingerprint density at radius 2 is 1.88 bits per heavy atom. The molecule has 0 aromatic carbocycles. The molecule has 39 valence electrons. The topological polar surface area (TPSA) is 37.3 Å². The Bertz CT molecular complexity index is 52.5. The molecule has 8 heavy (non-hydrogen) atoms. The molecule has 1 N–H and O–H groups in total. The summed E-state index contributed by atoms with van der Waals surface area (Å²) in [4.78, 5) is 9.26. The average Bonchev–Trinajstić information content (AvgIpc) is 1.73. The summed E-state index contributed by atoms with van der Waals surface area (Å²) in [5.74, 6) is -1.13. The van der Waals surface area contributed by atoms with Crippen LogP contribution in [0.3, 0.4) is 0 Å². The van der Waals surface area contributed by atoms with E-state index in [1.807, 2.05) is 0 Å². The number of hydrogen-bond acceptors (Lipinski definition) is 2. The Labute approximate surface area is 93.1 Å². The van der Waals surface area contributed by atoms with E-state index in [0.29, 0.717) is 0 Å². The van der Waals surface area contributed by atoms with E-state index in [-0.39, 0.29) is 35.3 Å². The van der Waals surface area contributed by atoms with Gasteiger partial charge in [0.2, 0.25) is 0 Å². The summed E-state index contributed by atoms with van der Waals surface area (Å²) in [5, 5.41) is 7.62. The largest absolute Gasteiger partial charge is 1.00 e. The quantitative estimate of drug-likeness (QED) is 0.417. The van der Waals surface area contributed by atoms with Gasteiger partial charge in [-0.2, -0.15) is 0 Å². The fourth-order valence-electron chi connectivity index (χ4n) is 0. The van der Waals surface area contributed by atoms with Gasteiger partial charge in [0.15, 0.2) is 0 Å². The van der Waals surface area contributed by atoms with Crippen molar-refractivity contribution >= 4 is 18.6 Å². The van der Waals surface area contributed by atoms with Crippen molar-refractivity contribution in [2.24, 2.45) is 0 Å². The van der Waals surface area contributed by atoms with Crippen molar-refractivity contribution in [1.29, 1.82) is 0 Å². The van der Waals surface area contributed by atoms with Crippen LogP contribution in [0.4, 0.5) is 0 Å². The molecule has 5 heteroatoms. The molecule has 0 fully saturated rings. The van der Waals surface area contributed by atoms with E-state index in [2.05, 4.69) is 17.1 Å². The first-order chi connectivity index (χ1) is 3.27.